The van der Waals surface area contributed by atoms with Crippen molar-refractivity contribution in [1.82, 2.24) is 9.38 Å². The molecule has 0 aliphatic rings. The highest BCUT2D eigenvalue weighted by molar-refractivity contribution is 7.98. The molecule has 0 saturated heterocycles. The van der Waals surface area contributed by atoms with Crippen molar-refractivity contribution in [3.8, 4) is 0 Å². The summed E-state index contributed by atoms with van der Waals surface area (Å²) in [5.41, 5.74) is 0. The lowest BCUT2D eigenvalue weighted by molar-refractivity contribution is -0.389. The van der Waals surface area contributed by atoms with Gasteiger partial charge in [0.15, 0.2) is 0 Å². The topological polar surface area (TPSA) is 85.6 Å². The molecule has 0 spiro atoms. The van der Waals surface area contributed by atoms with Crippen molar-refractivity contribution in [2.45, 2.75) is 5.75 Å². The van der Waals surface area contributed by atoms with Gasteiger partial charge >= 0.3 is 5.82 Å². The van der Waals surface area contributed by atoms with E-state index in [1.165, 1.54) is 15.7 Å². The van der Waals surface area contributed by atoms with Gasteiger partial charge in [0.1, 0.15) is 12.0 Å². The monoisotopic (exact) mass is 324 g/mol. The van der Waals surface area contributed by atoms with E-state index in [1.54, 1.807) is 29.6 Å². The summed E-state index contributed by atoms with van der Waals surface area (Å²) in [4.78, 5) is 15.6. The minimum Gasteiger partial charge on any atom is -0.468 e. The molecule has 1 N–H and O–H groups in total. The third-order valence-corrected chi connectivity index (χ3v) is 4.51. The van der Waals surface area contributed by atoms with Crippen LogP contribution in [0.5, 0.6) is 0 Å². The summed E-state index contributed by atoms with van der Waals surface area (Å²) in [7, 11) is 0. The summed E-state index contributed by atoms with van der Waals surface area (Å²) in [5, 5.41) is 15.9. The molecule has 0 saturated carbocycles. The van der Waals surface area contributed by atoms with Crippen LogP contribution in [0.15, 0.2) is 34.4 Å². The van der Waals surface area contributed by atoms with Crippen LogP contribution in [0.1, 0.15) is 5.76 Å². The van der Waals surface area contributed by atoms with E-state index < -0.39 is 4.92 Å². The van der Waals surface area contributed by atoms with Crippen LogP contribution in [0.4, 0.5) is 11.6 Å². The van der Waals surface area contributed by atoms with Crippen molar-refractivity contribution in [2.24, 2.45) is 0 Å². The lowest BCUT2D eigenvalue weighted by Gasteiger charge is -2.02. The first-order valence-corrected chi connectivity index (χ1v) is 8.23. The number of hydrogen-bond acceptors (Lipinski definition) is 7. The molecular weight excluding hydrogens is 312 g/mol. The largest absolute Gasteiger partial charge is 0.468 e. The molecule has 110 valence electrons. The standard InChI is InChI=1S/C12H12N4O3S2/c17-16(18)11-10(14-12-15(11)4-7-21-12)13-3-6-20-8-9-2-1-5-19-9/h1-2,4-5,7,13H,3,6,8H2. The zero-order chi connectivity index (χ0) is 14.7. The number of imidazole rings is 1. The maximum atomic E-state index is 11.1. The minimum absolute atomic E-state index is 0.0118. The third kappa shape index (κ3) is 3.03. The summed E-state index contributed by atoms with van der Waals surface area (Å²) >= 11 is 3.07. The lowest BCUT2D eigenvalue weighted by Crippen LogP contribution is -2.07. The fourth-order valence-corrected chi connectivity index (χ4v) is 3.34. The number of hydrogen-bond donors (Lipinski definition) is 1. The van der Waals surface area contributed by atoms with E-state index in [0.29, 0.717) is 17.3 Å². The maximum Gasteiger partial charge on any atom is 0.372 e. The number of anilines is 1. The molecule has 0 atom stereocenters. The first-order valence-electron chi connectivity index (χ1n) is 6.19. The van der Waals surface area contributed by atoms with Crippen LogP contribution in [0.2, 0.25) is 0 Å². The van der Waals surface area contributed by atoms with E-state index in [-0.39, 0.29) is 5.82 Å². The third-order valence-electron chi connectivity index (χ3n) is 2.77. The molecule has 0 aliphatic carbocycles. The zero-order valence-electron chi connectivity index (χ0n) is 10.9. The van der Waals surface area contributed by atoms with Gasteiger partial charge in [0.2, 0.25) is 5.82 Å². The quantitative estimate of drug-likeness (QED) is 0.408. The molecule has 3 aromatic heterocycles. The summed E-state index contributed by atoms with van der Waals surface area (Å²) in [5.74, 6) is 2.83. The average molecular weight is 324 g/mol. The van der Waals surface area contributed by atoms with Gasteiger partial charge in [-0.25, -0.2) is 0 Å². The van der Waals surface area contributed by atoms with E-state index in [9.17, 15) is 10.1 Å². The molecule has 9 heteroatoms. The minimum atomic E-state index is -0.412. The van der Waals surface area contributed by atoms with E-state index >= 15 is 0 Å². The summed E-state index contributed by atoms with van der Waals surface area (Å²) in [6.45, 7) is 0.608. The van der Waals surface area contributed by atoms with Crippen molar-refractivity contribution in [3.05, 3.63) is 45.8 Å². The maximum absolute atomic E-state index is 11.1. The Morgan fingerprint density at radius 1 is 1.57 bits per heavy atom. The molecule has 3 rings (SSSR count). The number of thioether (sulfide) groups is 1. The normalized spacial score (nSPS) is 11.0. The number of aromatic nitrogens is 2. The smallest absolute Gasteiger partial charge is 0.372 e. The van der Waals surface area contributed by atoms with Gasteiger partial charge in [0, 0.05) is 17.7 Å². The van der Waals surface area contributed by atoms with Crippen molar-refractivity contribution in [1.29, 1.82) is 0 Å². The number of nitrogens with one attached hydrogen (secondary N) is 1. The van der Waals surface area contributed by atoms with Gasteiger partial charge in [-0.15, -0.1) is 0 Å². The highest BCUT2D eigenvalue weighted by Gasteiger charge is 2.22. The molecule has 0 bridgehead atoms. The molecule has 0 aromatic carbocycles. The number of nitrogens with zero attached hydrogens (tertiary/aromatic N) is 3. The number of rotatable bonds is 7. The Kier molecular flexibility index (Phi) is 4.11. The van der Waals surface area contributed by atoms with E-state index in [1.807, 2.05) is 12.1 Å². The first-order chi connectivity index (χ1) is 10.3. The predicted octanol–water partition coefficient (Wildman–Crippen LogP) is 3.24. The van der Waals surface area contributed by atoms with E-state index in [4.69, 9.17) is 4.42 Å². The molecule has 0 amide bonds. The van der Waals surface area contributed by atoms with Crippen LogP contribution in [-0.4, -0.2) is 26.6 Å². The molecule has 3 heterocycles. The number of fused-ring (bicyclic) bond motifs is 1. The van der Waals surface area contributed by atoms with Gasteiger partial charge in [-0.05, 0) is 17.1 Å². The molecule has 0 unspecified atom stereocenters. The first kappa shape index (κ1) is 14.0. The summed E-state index contributed by atoms with van der Waals surface area (Å²) in [6, 6.07) is 3.78. The van der Waals surface area contributed by atoms with Crippen LogP contribution >= 0.6 is 23.1 Å². The summed E-state index contributed by atoms with van der Waals surface area (Å²) in [6.07, 6.45) is 3.30. The van der Waals surface area contributed by atoms with Crippen LogP contribution in [0.25, 0.3) is 4.96 Å². The highest BCUT2D eigenvalue weighted by Crippen LogP contribution is 2.27. The second-order valence-electron chi connectivity index (χ2n) is 4.16. The van der Waals surface area contributed by atoms with Gasteiger partial charge in [0.25, 0.3) is 4.96 Å². The highest BCUT2D eigenvalue weighted by atomic mass is 32.2. The predicted molar refractivity (Wildman–Crippen MR) is 83.1 cm³/mol. The second kappa shape index (κ2) is 6.19. The second-order valence-corrected chi connectivity index (χ2v) is 6.13. The van der Waals surface area contributed by atoms with Crippen molar-refractivity contribution >= 4 is 39.7 Å². The molecule has 0 aliphatic heterocycles. The van der Waals surface area contributed by atoms with Gasteiger partial charge < -0.3 is 19.8 Å². The van der Waals surface area contributed by atoms with E-state index in [2.05, 4.69) is 10.3 Å². The fourth-order valence-electron chi connectivity index (χ4n) is 1.88. The Hall–Kier alpha value is -2.00. The Balaban J connectivity index is 1.56. The fraction of sp³-hybridized carbons (Fsp3) is 0.250. The lowest BCUT2D eigenvalue weighted by atomic mass is 10.5. The Bertz CT molecular complexity index is 735. The number of thiazole rings is 1. The van der Waals surface area contributed by atoms with Crippen molar-refractivity contribution < 1.29 is 9.34 Å². The summed E-state index contributed by atoms with van der Waals surface area (Å²) < 4.78 is 6.72. The van der Waals surface area contributed by atoms with Crippen molar-refractivity contribution in [3.63, 3.8) is 0 Å². The Morgan fingerprint density at radius 2 is 2.48 bits per heavy atom. The number of furan rings is 1. The molecule has 3 aromatic rings. The molecule has 21 heavy (non-hydrogen) atoms. The Morgan fingerprint density at radius 3 is 3.24 bits per heavy atom. The number of nitro groups is 1. The van der Waals surface area contributed by atoms with Crippen LogP contribution < -0.4 is 5.32 Å². The SMILES string of the molecule is O=[N+]([O-])c1c(NCCSCc2ccco2)nc2sccn12. The Labute approximate surface area is 128 Å². The average Bonchev–Trinajstić information content (AvgIpc) is 3.13. The molecular formula is C12H12N4O3S2. The van der Waals surface area contributed by atoms with Crippen molar-refractivity contribution in [2.75, 3.05) is 17.6 Å². The molecule has 0 radical (unpaired) electrons. The van der Waals surface area contributed by atoms with Gasteiger partial charge in [-0.2, -0.15) is 21.1 Å². The van der Waals surface area contributed by atoms with Gasteiger partial charge in [0.05, 0.1) is 12.0 Å². The van der Waals surface area contributed by atoms with Gasteiger partial charge in [-0.3, -0.25) is 0 Å². The molecule has 0 fully saturated rings. The van der Waals surface area contributed by atoms with Gasteiger partial charge in [-0.1, -0.05) is 11.3 Å². The molecule has 7 nitrogen and oxygen atoms in total. The van der Waals surface area contributed by atoms with Crippen LogP contribution in [0, 0.1) is 10.1 Å². The van der Waals surface area contributed by atoms with Crippen LogP contribution in [-0.2, 0) is 5.75 Å². The van der Waals surface area contributed by atoms with E-state index in [0.717, 1.165) is 17.3 Å². The van der Waals surface area contributed by atoms with Crippen LogP contribution in [0.3, 0.4) is 0 Å². The zero-order valence-corrected chi connectivity index (χ0v) is 12.5.